The molecule has 0 aromatic carbocycles. The van der Waals surface area contributed by atoms with Gasteiger partial charge in [-0.1, -0.05) is 11.6 Å². The normalized spacial score (nSPS) is 15.7. The summed E-state index contributed by atoms with van der Waals surface area (Å²) in [5, 5.41) is 5.62. The van der Waals surface area contributed by atoms with Crippen molar-refractivity contribution in [2.45, 2.75) is 31.7 Å². The van der Waals surface area contributed by atoms with Crippen molar-refractivity contribution in [3.63, 3.8) is 0 Å². The first-order chi connectivity index (χ1) is 9.31. The third-order valence-electron chi connectivity index (χ3n) is 2.95. The van der Waals surface area contributed by atoms with Crippen molar-refractivity contribution >= 4 is 17.3 Å². The molecule has 0 amide bonds. The predicted molar refractivity (Wildman–Crippen MR) is 65.7 cm³/mol. The average Bonchev–Trinajstić information content (AvgIpc) is 3.16. The lowest BCUT2D eigenvalue weighted by atomic mass is 10.3. The number of halogens is 5. The second kappa shape index (κ2) is 5.59. The molecule has 1 aromatic rings. The van der Waals surface area contributed by atoms with Crippen molar-refractivity contribution in [1.29, 1.82) is 0 Å². The Hall–Kier alpha value is -1.31. The Morgan fingerprint density at radius 2 is 2.15 bits per heavy atom. The van der Waals surface area contributed by atoms with Crippen molar-refractivity contribution < 1.29 is 17.6 Å². The molecule has 20 heavy (non-hydrogen) atoms. The van der Waals surface area contributed by atoms with Gasteiger partial charge in [0, 0.05) is 6.54 Å². The Morgan fingerprint density at radius 3 is 2.70 bits per heavy atom. The summed E-state index contributed by atoms with van der Waals surface area (Å²) in [7, 11) is 0. The zero-order chi connectivity index (χ0) is 14.9. The summed E-state index contributed by atoms with van der Waals surface area (Å²) in [6, 6.07) is 0. The van der Waals surface area contributed by atoms with Gasteiger partial charge in [0.2, 0.25) is 0 Å². The molecule has 0 aliphatic heterocycles. The van der Waals surface area contributed by atoms with Gasteiger partial charge in [-0.3, -0.25) is 4.79 Å². The largest absolute Gasteiger partial charge is 0.373 e. The Bertz CT molecular complexity index is 545. The van der Waals surface area contributed by atoms with E-state index in [1.807, 2.05) is 5.32 Å². The molecule has 0 radical (unpaired) electrons. The molecule has 1 saturated carbocycles. The minimum absolute atomic E-state index is 0.174. The smallest absolute Gasteiger partial charge is 0.324 e. The highest BCUT2D eigenvalue weighted by molar-refractivity contribution is 6.32. The number of alkyl halides is 4. The molecule has 0 atom stereocenters. The predicted octanol–water partition coefficient (Wildman–Crippen LogP) is 2.62. The summed E-state index contributed by atoms with van der Waals surface area (Å²) < 4.78 is 50.9. The monoisotopic (exact) mass is 313 g/mol. The van der Waals surface area contributed by atoms with E-state index in [-0.39, 0.29) is 10.7 Å². The van der Waals surface area contributed by atoms with E-state index in [1.54, 1.807) is 0 Å². The zero-order valence-corrected chi connectivity index (χ0v) is 11.0. The third kappa shape index (κ3) is 3.41. The molecule has 0 unspecified atom stereocenters. The molecule has 1 aromatic heterocycles. The van der Waals surface area contributed by atoms with Crippen molar-refractivity contribution in [3.8, 4) is 0 Å². The molecule has 1 fully saturated rings. The number of nitrogens with one attached hydrogen (secondary N) is 1. The van der Waals surface area contributed by atoms with E-state index in [4.69, 9.17) is 11.6 Å². The van der Waals surface area contributed by atoms with Gasteiger partial charge >= 0.3 is 12.3 Å². The number of hydrogen-bond donors (Lipinski definition) is 1. The first kappa shape index (κ1) is 15.1. The van der Waals surface area contributed by atoms with Gasteiger partial charge in [0.1, 0.15) is 5.69 Å². The fourth-order valence-corrected chi connectivity index (χ4v) is 1.78. The van der Waals surface area contributed by atoms with E-state index in [1.165, 1.54) is 0 Å². The molecular formula is C11H12ClF4N3O. The SMILES string of the molecule is O=c1c(NCC(F)(F)C(F)F)c(Cl)cnn1CC1CC1. The van der Waals surface area contributed by atoms with Crippen LogP contribution in [0.4, 0.5) is 23.2 Å². The molecule has 1 aliphatic rings. The van der Waals surface area contributed by atoms with Crippen LogP contribution in [0, 0.1) is 5.92 Å². The summed E-state index contributed by atoms with van der Waals surface area (Å²) in [6.07, 6.45) is -0.732. The van der Waals surface area contributed by atoms with E-state index in [0.717, 1.165) is 23.7 Å². The maximum atomic E-state index is 12.8. The molecular weight excluding hydrogens is 302 g/mol. The summed E-state index contributed by atoms with van der Waals surface area (Å²) in [5.41, 5.74) is -1.02. The van der Waals surface area contributed by atoms with Crippen LogP contribution >= 0.6 is 11.6 Å². The van der Waals surface area contributed by atoms with Gasteiger partial charge in [0.15, 0.2) is 0 Å². The van der Waals surface area contributed by atoms with Crippen molar-refractivity contribution in [1.82, 2.24) is 9.78 Å². The Morgan fingerprint density at radius 1 is 1.50 bits per heavy atom. The lowest BCUT2D eigenvalue weighted by Crippen LogP contribution is -2.37. The van der Waals surface area contributed by atoms with Crippen molar-refractivity contribution in [3.05, 3.63) is 21.6 Å². The maximum absolute atomic E-state index is 12.8. The van der Waals surface area contributed by atoms with E-state index >= 15 is 0 Å². The Balaban J connectivity index is 2.15. The minimum atomic E-state index is -4.24. The van der Waals surface area contributed by atoms with Gasteiger partial charge in [-0.15, -0.1) is 0 Å². The van der Waals surface area contributed by atoms with E-state index in [9.17, 15) is 22.4 Å². The summed E-state index contributed by atoms with van der Waals surface area (Å²) in [4.78, 5) is 12.0. The van der Waals surface area contributed by atoms with Crippen LogP contribution in [-0.2, 0) is 6.54 Å². The van der Waals surface area contributed by atoms with Crippen LogP contribution in [0.5, 0.6) is 0 Å². The van der Waals surface area contributed by atoms with E-state index in [2.05, 4.69) is 5.10 Å². The van der Waals surface area contributed by atoms with Gasteiger partial charge in [0.25, 0.3) is 5.56 Å². The van der Waals surface area contributed by atoms with Gasteiger partial charge in [0.05, 0.1) is 17.8 Å². The van der Waals surface area contributed by atoms with Crippen LogP contribution in [0.15, 0.2) is 11.0 Å². The Kier molecular flexibility index (Phi) is 4.22. The molecule has 2 rings (SSSR count). The molecule has 9 heteroatoms. The van der Waals surface area contributed by atoms with Gasteiger partial charge < -0.3 is 5.32 Å². The summed E-state index contributed by atoms with van der Waals surface area (Å²) >= 11 is 5.69. The van der Waals surface area contributed by atoms with Crippen LogP contribution in [0.1, 0.15) is 12.8 Å². The van der Waals surface area contributed by atoms with Crippen LogP contribution in [0.25, 0.3) is 0 Å². The first-order valence-electron chi connectivity index (χ1n) is 5.96. The molecule has 112 valence electrons. The lowest BCUT2D eigenvalue weighted by molar-refractivity contribution is -0.117. The quantitative estimate of drug-likeness (QED) is 0.821. The zero-order valence-electron chi connectivity index (χ0n) is 10.3. The topological polar surface area (TPSA) is 46.9 Å². The average molecular weight is 314 g/mol. The number of hydrogen-bond acceptors (Lipinski definition) is 3. The molecule has 4 nitrogen and oxygen atoms in total. The molecule has 1 heterocycles. The van der Waals surface area contributed by atoms with E-state index < -0.39 is 24.5 Å². The van der Waals surface area contributed by atoms with E-state index in [0.29, 0.717) is 12.5 Å². The van der Waals surface area contributed by atoms with Crippen molar-refractivity contribution in [2.75, 3.05) is 11.9 Å². The Labute approximate surface area is 116 Å². The minimum Gasteiger partial charge on any atom is -0.373 e. The van der Waals surface area contributed by atoms with Crippen LogP contribution in [0.3, 0.4) is 0 Å². The second-order valence-electron chi connectivity index (χ2n) is 4.71. The second-order valence-corrected chi connectivity index (χ2v) is 5.12. The molecule has 0 spiro atoms. The molecule has 0 saturated heterocycles. The summed E-state index contributed by atoms with van der Waals surface area (Å²) in [5.74, 6) is -3.89. The van der Waals surface area contributed by atoms with Gasteiger partial charge in [-0.05, 0) is 18.8 Å². The summed E-state index contributed by atoms with van der Waals surface area (Å²) in [6.45, 7) is -0.997. The number of aromatic nitrogens is 2. The number of rotatable bonds is 6. The number of nitrogens with zero attached hydrogens (tertiary/aromatic N) is 2. The fourth-order valence-electron chi connectivity index (χ4n) is 1.59. The lowest BCUT2D eigenvalue weighted by Gasteiger charge is -2.17. The standard InChI is InChI=1S/C11H12ClF4N3O/c12-7-3-18-19(4-6-1-2-6)9(20)8(7)17-5-11(15,16)10(13)14/h3,6,10,17H,1-2,4-5H2. The van der Waals surface area contributed by atoms with Gasteiger partial charge in [-0.2, -0.15) is 13.9 Å². The van der Waals surface area contributed by atoms with Crippen LogP contribution in [-0.4, -0.2) is 28.7 Å². The first-order valence-corrected chi connectivity index (χ1v) is 6.34. The maximum Gasteiger partial charge on any atom is 0.324 e. The van der Waals surface area contributed by atoms with Gasteiger partial charge in [-0.25, -0.2) is 13.5 Å². The highest BCUT2D eigenvalue weighted by atomic mass is 35.5. The highest BCUT2D eigenvalue weighted by Gasteiger charge is 2.40. The number of anilines is 1. The molecule has 1 N–H and O–H groups in total. The molecule has 1 aliphatic carbocycles. The van der Waals surface area contributed by atoms with Crippen LogP contribution < -0.4 is 10.9 Å². The van der Waals surface area contributed by atoms with Crippen LogP contribution in [0.2, 0.25) is 5.02 Å². The highest BCUT2D eigenvalue weighted by Crippen LogP contribution is 2.30. The third-order valence-corrected chi connectivity index (χ3v) is 3.23. The fraction of sp³-hybridized carbons (Fsp3) is 0.636. The molecule has 0 bridgehead atoms. The van der Waals surface area contributed by atoms with Crippen molar-refractivity contribution in [2.24, 2.45) is 5.92 Å².